The number of aliphatic hydroxyl groups is 1. The molecular formula is C16H15N3O2S. The summed E-state index contributed by atoms with van der Waals surface area (Å²) in [6, 6.07) is 11.1. The van der Waals surface area contributed by atoms with Gasteiger partial charge in [-0.05, 0) is 30.5 Å². The topological polar surface area (TPSA) is 75.1 Å². The Labute approximate surface area is 131 Å². The molecule has 1 aromatic carbocycles. The zero-order chi connectivity index (χ0) is 15.6. The second-order valence-corrected chi connectivity index (χ2v) is 6.13. The maximum absolute atomic E-state index is 12.2. The van der Waals surface area contributed by atoms with E-state index in [0.717, 1.165) is 10.4 Å². The van der Waals surface area contributed by atoms with Crippen molar-refractivity contribution < 1.29 is 9.90 Å². The predicted octanol–water partition coefficient (Wildman–Crippen LogP) is 2.33. The normalized spacial score (nSPS) is 13.7. The van der Waals surface area contributed by atoms with E-state index in [-0.39, 0.29) is 18.1 Å². The third-order valence-electron chi connectivity index (χ3n) is 3.33. The molecule has 1 unspecified atom stereocenters. The molecule has 0 saturated heterocycles. The number of amides is 1. The minimum Gasteiger partial charge on any atom is -0.383 e. The van der Waals surface area contributed by atoms with Gasteiger partial charge in [-0.2, -0.15) is 0 Å². The minimum atomic E-state index is -1.10. The number of hydrogen-bond acceptors (Lipinski definition) is 5. The number of para-hydroxylation sites is 2. The van der Waals surface area contributed by atoms with Gasteiger partial charge in [0.1, 0.15) is 11.3 Å². The molecule has 2 heterocycles. The summed E-state index contributed by atoms with van der Waals surface area (Å²) in [6.45, 7) is 1.78. The number of nitrogens with one attached hydrogen (secondary N) is 1. The second-order valence-electron chi connectivity index (χ2n) is 5.18. The molecule has 0 radical (unpaired) electrons. The fourth-order valence-electron chi connectivity index (χ4n) is 2.08. The molecule has 0 spiro atoms. The zero-order valence-electron chi connectivity index (χ0n) is 12.0. The molecule has 22 heavy (non-hydrogen) atoms. The fraction of sp³-hybridized carbons (Fsp3) is 0.188. The van der Waals surface area contributed by atoms with Gasteiger partial charge in [-0.25, -0.2) is 4.98 Å². The maximum atomic E-state index is 12.2. The van der Waals surface area contributed by atoms with E-state index >= 15 is 0 Å². The van der Waals surface area contributed by atoms with Crippen LogP contribution in [-0.2, 0) is 5.60 Å². The summed E-state index contributed by atoms with van der Waals surface area (Å²) in [4.78, 5) is 21.5. The summed E-state index contributed by atoms with van der Waals surface area (Å²) in [6.07, 6.45) is 1.44. The number of carbonyl (C=O) groups is 1. The van der Waals surface area contributed by atoms with Crippen molar-refractivity contribution in [2.24, 2.45) is 0 Å². The number of rotatable bonds is 4. The van der Waals surface area contributed by atoms with E-state index in [4.69, 9.17) is 0 Å². The van der Waals surface area contributed by atoms with Crippen molar-refractivity contribution in [1.29, 1.82) is 0 Å². The maximum Gasteiger partial charge on any atom is 0.271 e. The lowest BCUT2D eigenvalue weighted by Gasteiger charge is -2.22. The van der Waals surface area contributed by atoms with E-state index in [0.29, 0.717) is 5.52 Å². The fourth-order valence-corrected chi connectivity index (χ4v) is 2.87. The number of carbonyl (C=O) groups excluding carboxylic acids is 1. The molecule has 0 aliphatic carbocycles. The first-order chi connectivity index (χ1) is 10.6. The van der Waals surface area contributed by atoms with Crippen LogP contribution in [0.1, 0.15) is 22.3 Å². The standard InChI is InChI=1S/C16H15N3O2S/c1-16(21,14-7-4-8-22-14)10-18-15(20)13-9-17-11-5-2-3-6-12(11)19-13/h2-9,21H,10H2,1H3,(H,18,20). The Bertz CT molecular complexity index is 800. The monoisotopic (exact) mass is 313 g/mol. The van der Waals surface area contributed by atoms with Crippen molar-refractivity contribution in [2.45, 2.75) is 12.5 Å². The quantitative estimate of drug-likeness (QED) is 0.775. The molecule has 5 nitrogen and oxygen atoms in total. The lowest BCUT2D eigenvalue weighted by atomic mass is 10.1. The van der Waals surface area contributed by atoms with Gasteiger partial charge in [0.05, 0.1) is 23.8 Å². The highest BCUT2D eigenvalue weighted by Gasteiger charge is 2.25. The Hall–Kier alpha value is -2.31. The molecule has 1 amide bonds. The average Bonchev–Trinajstić information content (AvgIpc) is 3.07. The van der Waals surface area contributed by atoms with Crippen LogP contribution in [0.15, 0.2) is 48.0 Å². The highest BCUT2D eigenvalue weighted by molar-refractivity contribution is 7.10. The highest BCUT2D eigenvalue weighted by atomic mass is 32.1. The molecule has 1 atom stereocenters. The molecule has 2 N–H and O–H groups in total. The van der Waals surface area contributed by atoms with E-state index in [9.17, 15) is 9.90 Å². The summed E-state index contributed by atoms with van der Waals surface area (Å²) in [5.41, 5.74) is 0.541. The zero-order valence-corrected chi connectivity index (χ0v) is 12.8. The minimum absolute atomic E-state index is 0.112. The van der Waals surface area contributed by atoms with Gasteiger partial charge in [-0.15, -0.1) is 11.3 Å². The van der Waals surface area contributed by atoms with Gasteiger partial charge in [0.25, 0.3) is 5.91 Å². The molecule has 0 bridgehead atoms. The third kappa shape index (κ3) is 2.98. The largest absolute Gasteiger partial charge is 0.383 e. The van der Waals surface area contributed by atoms with Gasteiger partial charge in [-0.3, -0.25) is 9.78 Å². The Morgan fingerprint density at radius 3 is 2.77 bits per heavy atom. The lowest BCUT2D eigenvalue weighted by Crippen LogP contribution is -2.38. The summed E-state index contributed by atoms with van der Waals surface area (Å²) in [7, 11) is 0. The number of aromatic nitrogens is 2. The van der Waals surface area contributed by atoms with Crippen molar-refractivity contribution in [1.82, 2.24) is 15.3 Å². The Morgan fingerprint density at radius 2 is 2.05 bits per heavy atom. The van der Waals surface area contributed by atoms with E-state index in [1.54, 1.807) is 13.0 Å². The summed E-state index contributed by atoms with van der Waals surface area (Å²) >= 11 is 1.45. The van der Waals surface area contributed by atoms with Gasteiger partial charge in [0.15, 0.2) is 0 Å². The molecule has 112 valence electrons. The third-order valence-corrected chi connectivity index (χ3v) is 4.45. The predicted molar refractivity (Wildman–Crippen MR) is 85.8 cm³/mol. The molecule has 0 saturated carbocycles. The van der Waals surface area contributed by atoms with Gasteiger partial charge >= 0.3 is 0 Å². The van der Waals surface area contributed by atoms with Crippen LogP contribution in [0.25, 0.3) is 11.0 Å². The molecule has 2 aromatic heterocycles. The molecule has 3 aromatic rings. The van der Waals surface area contributed by atoms with Crippen LogP contribution in [0.4, 0.5) is 0 Å². The second kappa shape index (κ2) is 5.82. The van der Waals surface area contributed by atoms with Gasteiger partial charge in [0, 0.05) is 4.88 Å². The smallest absolute Gasteiger partial charge is 0.271 e. The number of thiophene rings is 1. The highest BCUT2D eigenvalue weighted by Crippen LogP contribution is 2.24. The Balaban J connectivity index is 1.73. The number of nitrogens with zero attached hydrogens (tertiary/aromatic N) is 2. The van der Waals surface area contributed by atoms with Crippen LogP contribution in [0, 0.1) is 0 Å². The van der Waals surface area contributed by atoms with Crippen LogP contribution in [0.5, 0.6) is 0 Å². The van der Waals surface area contributed by atoms with Crippen molar-refractivity contribution in [3.05, 3.63) is 58.5 Å². The number of benzene rings is 1. The Morgan fingerprint density at radius 1 is 1.27 bits per heavy atom. The first-order valence-corrected chi connectivity index (χ1v) is 7.70. The van der Waals surface area contributed by atoms with Crippen LogP contribution in [0.2, 0.25) is 0 Å². The molecule has 0 fully saturated rings. The van der Waals surface area contributed by atoms with Crippen molar-refractivity contribution in [3.8, 4) is 0 Å². The average molecular weight is 313 g/mol. The van der Waals surface area contributed by atoms with Crippen molar-refractivity contribution >= 4 is 28.3 Å². The van der Waals surface area contributed by atoms with Crippen LogP contribution < -0.4 is 5.32 Å². The molecule has 6 heteroatoms. The van der Waals surface area contributed by atoms with E-state index in [1.807, 2.05) is 35.7 Å². The summed E-state index contributed by atoms with van der Waals surface area (Å²) in [5, 5.41) is 15.0. The molecule has 0 aliphatic rings. The molecule has 3 rings (SSSR count). The SMILES string of the molecule is CC(O)(CNC(=O)c1cnc2ccccc2n1)c1cccs1. The summed E-state index contributed by atoms with van der Waals surface area (Å²) in [5.74, 6) is -0.352. The van der Waals surface area contributed by atoms with Crippen molar-refractivity contribution in [3.63, 3.8) is 0 Å². The molecular weight excluding hydrogens is 298 g/mol. The van der Waals surface area contributed by atoms with Gasteiger partial charge < -0.3 is 10.4 Å². The van der Waals surface area contributed by atoms with Crippen LogP contribution in [-0.4, -0.2) is 27.5 Å². The van der Waals surface area contributed by atoms with Crippen LogP contribution in [0.3, 0.4) is 0 Å². The van der Waals surface area contributed by atoms with E-state index in [1.165, 1.54) is 17.5 Å². The van der Waals surface area contributed by atoms with Crippen LogP contribution >= 0.6 is 11.3 Å². The van der Waals surface area contributed by atoms with E-state index in [2.05, 4.69) is 15.3 Å². The van der Waals surface area contributed by atoms with Gasteiger partial charge in [0.2, 0.25) is 0 Å². The number of hydrogen-bond donors (Lipinski definition) is 2. The first-order valence-electron chi connectivity index (χ1n) is 6.83. The first kappa shape index (κ1) is 14.6. The molecule has 0 aliphatic heterocycles. The lowest BCUT2D eigenvalue weighted by molar-refractivity contribution is 0.0555. The Kier molecular flexibility index (Phi) is 3.87. The van der Waals surface area contributed by atoms with Gasteiger partial charge in [-0.1, -0.05) is 18.2 Å². The summed E-state index contributed by atoms with van der Waals surface area (Å²) < 4.78 is 0. The number of fused-ring (bicyclic) bond motifs is 1. The van der Waals surface area contributed by atoms with E-state index < -0.39 is 5.60 Å². The van der Waals surface area contributed by atoms with Crippen molar-refractivity contribution in [2.75, 3.05) is 6.54 Å².